The normalized spacial score (nSPS) is 14.3. The lowest BCUT2D eigenvalue weighted by molar-refractivity contribution is -0.115. The third-order valence-electron chi connectivity index (χ3n) is 6.52. The van der Waals surface area contributed by atoms with Gasteiger partial charge in [-0.05, 0) is 36.4 Å². The van der Waals surface area contributed by atoms with E-state index < -0.39 is 0 Å². The average molecular weight is 616 g/mol. The number of nitrogens with one attached hydrogen (secondary N) is 1. The molecule has 0 spiro atoms. The molecule has 0 bridgehead atoms. The van der Waals surface area contributed by atoms with Crippen LogP contribution < -0.4 is 14.8 Å². The number of amides is 1. The van der Waals surface area contributed by atoms with Gasteiger partial charge in [0.25, 0.3) is 5.91 Å². The van der Waals surface area contributed by atoms with Crippen LogP contribution in [-0.2, 0) is 17.9 Å². The molecule has 0 unspecified atom stereocenters. The van der Waals surface area contributed by atoms with Crippen molar-refractivity contribution in [1.82, 2.24) is 9.88 Å². The van der Waals surface area contributed by atoms with Gasteiger partial charge in [-0.1, -0.05) is 94.5 Å². The molecule has 8 heteroatoms. The highest BCUT2D eigenvalue weighted by atomic mass is 79.9. The smallest absolute Gasteiger partial charge is 0.263 e. The Hall–Kier alpha value is -3.59. The summed E-state index contributed by atoms with van der Waals surface area (Å²) in [6, 6.07) is 30.5. The van der Waals surface area contributed by atoms with Crippen molar-refractivity contribution in [2.45, 2.75) is 13.2 Å². The minimum Gasteiger partial charge on any atom is -0.492 e. The highest BCUT2D eigenvalue weighted by molar-refractivity contribution is 9.10. The molecule has 1 aliphatic heterocycles. The first-order valence-electron chi connectivity index (χ1n) is 12.4. The molecule has 1 aromatic heterocycles. The van der Waals surface area contributed by atoms with Crippen LogP contribution in [0.4, 0.5) is 0 Å². The Kier molecular flexibility index (Phi) is 7.41. The van der Waals surface area contributed by atoms with E-state index >= 15 is 0 Å². The summed E-state index contributed by atoms with van der Waals surface area (Å²) >= 11 is 9.98. The molecule has 4 aromatic carbocycles. The van der Waals surface area contributed by atoms with Crippen LogP contribution in [0, 0.1) is 0 Å². The van der Waals surface area contributed by atoms with Crippen LogP contribution in [0.25, 0.3) is 27.9 Å². The van der Waals surface area contributed by atoms with Gasteiger partial charge in [-0.3, -0.25) is 4.79 Å². The molecule has 1 amide bonds. The van der Waals surface area contributed by atoms with Crippen molar-refractivity contribution in [1.29, 1.82) is 0 Å². The number of aromatic nitrogens is 1. The van der Waals surface area contributed by atoms with Gasteiger partial charge in [0.2, 0.25) is 0 Å². The van der Waals surface area contributed by atoms with Crippen molar-refractivity contribution < 1.29 is 14.3 Å². The van der Waals surface area contributed by atoms with Crippen molar-refractivity contribution in [3.05, 3.63) is 112 Å². The molecule has 5 nitrogen and oxygen atoms in total. The summed E-state index contributed by atoms with van der Waals surface area (Å²) in [4.78, 5) is 12.8. The van der Waals surface area contributed by atoms with Gasteiger partial charge in [0.15, 0.2) is 0 Å². The predicted octanol–water partition coefficient (Wildman–Crippen LogP) is 7.70. The number of rotatable bonds is 8. The van der Waals surface area contributed by atoms with E-state index in [9.17, 15) is 4.79 Å². The Morgan fingerprint density at radius 2 is 1.59 bits per heavy atom. The molecule has 0 saturated carbocycles. The second-order valence-corrected chi connectivity index (χ2v) is 11.5. The van der Waals surface area contributed by atoms with E-state index in [4.69, 9.17) is 21.7 Å². The summed E-state index contributed by atoms with van der Waals surface area (Å²) < 4.78 is 16.2. The quantitative estimate of drug-likeness (QED) is 0.143. The largest absolute Gasteiger partial charge is 0.492 e. The van der Waals surface area contributed by atoms with Crippen LogP contribution in [0.3, 0.4) is 0 Å². The minimum atomic E-state index is -0.201. The van der Waals surface area contributed by atoms with Crippen molar-refractivity contribution in [2.24, 2.45) is 0 Å². The van der Waals surface area contributed by atoms with Gasteiger partial charge in [0, 0.05) is 43.5 Å². The van der Waals surface area contributed by atoms with Gasteiger partial charge in [0.1, 0.15) is 29.0 Å². The number of nitrogens with zero attached hydrogens (tertiary/aromatic N) is 1. The molecule has 39 heavy (non-hydrogen) atoms. The Labute approximate surface area is 243 Å². The van der Waals surface area contributed by atoms with E-state index in [1.54, 1.807) is 6.08 Å². The molecule has 6 rings (SSSR count). The summed E-state index contributed by atoms with van der Waals surface area (Å²) in [5.41, 5.74) is 4.17. The first-order chi connectivity index (χ1) is 19.1. The number of fused-ring (bicyclic) bond motifs is 3. The van der Waals surface area contributed by atoms with Crippen LogP contribution in [0.15, 0.2) is 100 Å². The number of hydrogen-bond acceptors (Lipinski definition) is 5. The Morgan fingerprint density at radius 1 is 0.897 bits per heavy atom. The Balaban J connectivity index is 1.25. The monoisotopic (exact) mass is 614 g/mol. The summed E-state index contributed by atoms with van der Waals surface area (Å²) in [5, 5.41) is 5.14. The van der Waals surface area contributed by atoms with Crippen molar-refractivity contribution in [3.63, 3.8) is 0 Å². The van der Waals surface area contributed by atoms with Crippen molar-refractivity contribution in [2.75, 3.05) is 6.61 Å². The molecule has 0 aliphatic carbocycles. The van der Waals surface area contributed by atoms with Crippen LogP contribution in [0.5, 0.6) is 11.5 Å². The van der Waals surface area contributed by atoms with E-state index in [0.717, 1.165) is 15.6 Å². The minimum absolute atomic E-state index is 0.201. The molecule has 1 aliphatic rings. The maximum absolute atomic E-state index is 12.3. The van der Waals surface area contributed by atoms with Gasteiger partial charge in [-0.25, -0.2) is 0 Å². The number of benzene rings is 4. The lowest BCUT2D eigenvalue weighted by atomic mass is 10.1. The zero-order valence-corrected chi connectivity index (χ0v) is 23.9. The SMILES string of the molecule is O=C1NC(=S)SC1=Cc1ccc(OCCn2c3ccccc3c3ccccc32)cc1OCc1ccccc1Br. The first kappa shape index (κ1) is 25.7. The van der Waals surface area contributed by atoms with Crippen LogP contribution in [0.1, 0.15) is 11.1 Å². The van der Waals surface area contributed by atoms with E-state index in [1.165, 1.54) is 33.6 Å². The molecule has 194 valence electrons. The summed E-state index contributed by atoms with van der Waals surface area (Å²) in [5.74, 6) is 1.12. The molecular weight excluding hydrogens is 592 g/mol. The second kappa shape index (κ2) is 11.3. The van der Waals surface area contributed by atoms with Gasteiger partial charge in [0.05, 0.1) is 11.4 Å². The van der Waals surface area contributed by atoms with E-state index in [0.29, 0.717) is 40.5 Å². The van der Waals surface area contributed by atoms with Crippen LogP contribution in [0.2, 0.25) is 0 Å². The fourth-order valence-electron chi connectivity index (χ4n) is 4.68. The average Bonchev–Trinajstić information content (AvgIpc) is 3.44. The predicted molar refractivity (Wildman–Crippen MR) is 166 cm³/mol. The molecule has 2 heterocycles. The van der Waals surface area contributed by atoms with Crippen LogP contribution in [-0.4, -0.2) is 21.4 Å². The maximum Gasteiger partial charge on any atom is 0.263 e. The second-order valence-electron chi connectivity index (χ2n) is 8.97. The maximum atomic E-state index is 12.3. The lowest BCUT2D eigenvalue weighted by Gasteiger charge is -2.14. The van der Waals surface area contributed by atoms with Gasteiger partial charge in [-0.15, -0.1) is 0 Å². The van der Waals surface area contributed by atoms with Crippen LogP contribution >= 0.6 is 39.9 Å². The summed E-state index contributed by atoms with van der Waals surface area (Å²) in [6.45, 7) is 1.54. The van der Waals surface area contributed by atoms with Crippen molar-refractivity contribution >= 4 is 78.0 Å². The number of carbonyl (C=O) groups is 1. The van der Waals surface area contributed by atoms with Gasteiger partial charge < -0.3 is 19.4 Å². The zero-order valence-electron chi connectivity index (χ0n) is 20.7. The standard InChI is InChI=1S/C31H23BrN2O3S2/c32-25-10-4-1-7-21(25)19-37-28-18-22(14-13-20(28)17-29-30(35)33-31(38)39-29)36-16-15-34-26-11-5-2-8-23(26)24-9-3-6-12-27(24)34/h1-14,17-18H,15-16,19H2,(H,33,35,38). The number of para-hydroxylation sites is 2. The molecule has 0 radical (unpaired) electrons. The number of halogens is 1. The van der Waals surface area contributed by atoms with Gasteiger partial charge >= 0.3 is 0 Å². The molecule has 0 atom stereocenters. The third kappa shape index (κ3) is 5.45. The highest BCUT2D eigenvalue weighted by Gasteiger charge is 2.22. The number of hydrogen-bond donors (Lipinski definition) is 1. The first-order valence-corrected chi connectivity index (χ1v) is 14.4. The van der Waals surface area contributed by atoms with E-state index in [1.807, 2.05) is 42.5 Å². The fourth-order valence-corrected chi connectivity index (χ4v) is 6.12. The number of thioether (sulfide) groups is 1. The van der Waals surface area contributed by atoms with E-state index in [2.05, 4.69) is 74.3 Å². The van der Waals surface area contributed by atoms with Gasteiger partial charge in [-0.2, -0.15) is 0 Å². The summed E-state index contributed by atoms with van der Waals surface area (Å²) in [7, 11) is 0. The topological polar surface area (TPSA) is 52.5 Å². The summed E-state index contributed by atoms with van der Waals surface area (Å²) in [6.07, 6.45) is 1.80. The fraction of sp³-hybridized carbons (Fsp3) is 0.0968. The lowest BCUT2D eigenvalue weighted by Crippen LogP contribution is -2.17. The molecular formula is C31H23BrN2O3S2. The van der Waals surface area contributed by atoms with Crippen molar-refractivity contribution in [3.8, 4) is 11.5 Å². The Bertz CT molecular complexity index is 1710. The molecule has 5 aromatic rings. The molecule has 1 N–H and O–H groups in total. The number of thiocarbonyl (C=S) groups is 1. The third-order valence-corrected chi connectivity index (χ3v) is 8.45. The Morgan fingerprint density at radius 3 is 2.28 bits per heavy atom. The number of carbonyl (C=O) groups excluding carboxylic acids is 1. The number of ether oxygens (including phenoxy) is 2. The molecule has 1 fully saturated rings. The molecule has 1 saturated heterocycles. The van der Waals surface area contributed by atoms with E-state index in [-0.39, 0.29) is 5.91 Å². The highest BCUT2D eigenvalue weighted by Crippen LogP contribution is 2.33. The zero-order chi connectivity index (χ0) is 26.8.